The van der Waals surface area contributed by atoms with Gasteiger partial charge in [0.25, 0.3) is 5.91 Å². The zero-order valence-electron chi connectivity index (χ0n) is 11.1. The van der Waals surface area contributed by atoms with Gasteiger partial charge >= 0.3 is 0 Å². The number of fused-ring (bicyclic) bond motifs is 1. The van der Waals surface area contributed by atoms with Crippen LogP contribution < -0.4 is 5.32 Å². The third-order valence-electron chi connectivity index (χ3n) is 3.51. The summed E-state index contributed by atoms with van der Waals surface area (Å²) >= 11 is 0. The summed E-state index contributed by atoms with van der Waals surface area (Å²) in [5.41, 5.74) is 0.577. The first kappa shape index (κ1) is 14.1. The molecular formula is C11H15N5O5. The molecule has 4 atom stereocenters. The second-order valence-corrected chi connectivity index (χ2v) is 4.69. The Morgan fingerprint density at radius 3 is 2.76 bits per heavy atom. The molecule has 1 aliphatic heterocycles. The minimum Gasteiger partial charge on any atom is -0.394 e. The van der Waals surface area contributed by atoms with Gasteiger partial charge < -0.3 is 30.5 Å². The van der Waals surface area contributed by atoms with Gasteiger partial charge in [0.2, 0.25) is 0 Å². The summed E-state index contributed by atoms with van der Waals surface area (Å²) in [5, 5.41) is 42.3. The van der Waals surface area contributed by atoms with Gasteiger partial charge in [0, 0.05) is 7.05 Å². The highest BCUT2D eigenvalue weighted by atomic mass is 16.7. The Kier molecular flexibility index (Phi) is 3.26. The highest BCUT2D eigenvalue weighted by molar-refractivity contribution is 5.82. The van der Waals surface area contributed by atoms with Gasteiger partial charge in [0.1, 0.15) is 24.9 Å². The lowest BCUT2D eigenvalue weighted by molar-refractivity contribution is -0.287. The number of aliphatic hydroxyl groups excluding tert-OH is 3. The van der Waals surface area contributed by atoms with E-state index in [0.717, 1.165) is 4.57 Å². The van der Waals surface area contributed by atoms with Crippen LogP contribution >= 0.6 is 0 Å². The maximum Gasteiger partial charge on any atom is 0.286 e. The zero-order chi connectivity index (χ0) is 15.2. The quantitative estimate of drug-likeness (QED) is 0.418. The predicted octanol–water partition coefficient (Wildman–Crippen LogP) is -2.42. The predicted molar refractivity (Wildman–Crippen MR) is 69.0 cm³/mol. The number of hydrogen-bond acceptors (Lipinski definition) is 9. The van der Waals surface area contributed by atoms with E-state index >= 15 is 0 Å². The molecule has 1 aliphatic rings. The molecule has 3 rings (SSSR count). The average molecular weight is 297 g/mol. The molecule has 1 saturated heterocycles. The van der Waals surface area contributed by atoms with Gasteiger partial charge in [-0.05, 0) is 0 Å². The zero-order valence-corrected chi connectivity index (χ0v) is 11.1. The molecular weight excluding hydrogens is 282 g/mol. The smallest absolute Gasteiger partial charge is 0.286 e. The number of imidazole rings is 1. The SMILES string of the molecule is CNc1ncnc2c1ncn2[C@@]1(O)O[C@H](CO)[C@@H](O)[C@H]1O. The van der Waals surface area contributed by atoms with Gasteiger partial charge in [-0.1, -0.05) is 0 Å². The molecule has 10 nitrogen and oxygen atoms in total. The second kappa shape index (κ2) is 4.86. The van der Waals surface area contributed by atoms with E-state index in [1.807, 2.05) is 0 Å². The minimum atomic E-state index is -2.28. The molecule has 0 spiro atoms. The number of anilines is 1. The summed E-state index contributed by atoms with van der Waals surface area (Å²) in [4.78, 5) is 12.1. The topological polar surface area (TPSA) is 146 Å². The fourth-order valence-corrected chi connectivity index (χ4v) is 2.38. The van der Waals surface area contributed by atoms with Gasteiger partial charge in [0.05, 0.1) is 6.61 Å². The lowest BCUT2D eigenvalue weighted by atomic mass is 10.1. The van der Waals surface area contributed by atoms with Crippen molar-refractivity contribution < 1.29 is 25.2 Å². The van der Waals surface area contributed by atoms with Crippen LogP contribution in [-0.2, 0) is 10.6 Å². The first-order valence-electron chi connectivity index (χ1n) is 6.26. The third kappa shape index (κ3) is 1.88. The van der Waals surface area contributed by atoms with Crippen LogP contribution in [0.15, 0.2) is 12.7 Å². The van der Waals surface area contributed by atoms with Crippen molar-refractivity contribution >= 4 is 17.0 Å². The molecule has 0 amide bonds. The van der Waals surface area contributed by atoms with Gasteiger partial charge in [-0.3, -0.25) is 4.57 Å². The molecule has 0 bridgehead atoms. The van der Waals surface area contributed by atoms with Crippen LogP contribution in [0.2, 0.25) is 0 Å². The molecule has 0 aromatic carbocycles. The standard InChI is InChI=1S/C11H15N5O5/c1-12-9-6-10(14-3-13-9)16(4-15-6)11(20)8(19)7(18)5(2-17)21-11/h3-5,7-8,17-20H,2H2,1H3,(H,12,13,14)/t5-,7-,8-,11+/m1/s1. The van der Waals surface area contributed by atoms with Crippen LogP contribution in [0, 0.1) is 0 Å². The molecule has 0 radical (unpaired) electrons. The number of ether oxygens (including phenoxy) is 1. The lowest BCUT2D eigenvalue weighted by Gasteiger charge is -2.27. The first-order valence-corrected chi connectivity index (χ1v) is 6.26. The van der Waals surface area contributed by atoms with E-state index < -0.39 is 30.8 Å². The molecule has 5 N–H and O–H groups in total. The molecule has 2 aromatic heterocycles. The second-order valence-electron chi connectivity index (χ2n) is 4.69. The molecule has 0 saturated carbocycles. The van der Waals surface area contributed by atoms with Gasteiger partial charge in [-0.2, -0.15) is 0 Å². The van der Waals surface area contributed by atoms with Crippen LogP contribution in [0.1, 0.15) is 0 Å². The highest BCUT2D eigenvalue weighted by Crippen LogP contribution is 2.35. The first-order chi connectivity index (χ1) is 10.0. The summed E-state index contributed by atoms with van der Waals surface area (Å²) < 4.78 is 6.29. The van der Waals surface area contributed by atoms with Gasteiger partial charge in [-0.15, -0.1) is 0 Å². The summed E-state index contributed by atoms with van der Waals surface area (Å²) in [6, 6.07) is 0. The summed E-state index contributed by atoms with van der Waals surface area (Å²) in [5.74, 6) is -1.84. The largest absolute Gasteiger partial charge is 0.394 e. The Morgan fingerprint density at radius 2 is 2.14 bits per heavy atom. The van der Waals surface area contributed by atoms with Crippen LogP contribution in [0.25, 0.3) is 11.2 Å². The Balaban J connectivity index is 2.12. The molecule has 0 unspecified atom stereocenters. The fourth-order valence-electron chi connectivity index (χ4n) is 2.38. The van der Waals surface area contributed by atoms with Gasteiger partial charge in [-0.25, -0.2) is 15.0 Å². The van der Waals surface area contributed by atoms with E-state index in [-0.39, 0.29) is 5.65 Å². The molecule has 0 aliphatic carbocycles. The van der Waals surface area contributed by atoms with Crippen molar-refractivity contribution in [3.05, 3.63) is 12.7 Å². The summed E-state index contributed by atoms with van der Waals surface area (Å²) in [6.45, 7) is -0.552. The van der Waals surface area contributed by atoms with E-state index in [0.29, 0.717) is 11.3 Å². The van der Waals surface area contributed by atoms with Crippen LogP contribution in [0.5, 0.6) is 0 Å². The molecule has 2 aromatic rings. The molecule has 1 fully saturated rings. The molecule has 114 valence electrons. The Morgan fingerprint density at radius 1 is 1.38 bits per heavy atom. The monoisotopic (exact) mass is 297 g/mol. The lowest BCUT2D eigenvalue weighted by Crippen LogP contribution is -2.45. The Labute approximate surface area is 118 Å². The number of aliphatic hydroxyl groups is 4. The number of hydrogen-bond donors (Lipinski definition) is 5. The van der Waals surface area contributed by atoms with Crippen LogP contribution in [0.4, 0.5) is 5.82 Å². The molecule has 3 heterocycles. The summed E-state index contributed by atoms with van der Waals surface area (Å²) in [7, 11) is 1.65. The van der Waals surface area contributed by atoms with Gasteiger partial charge in [0.15, 0.2) is 23.1 Å². The van der Waals surface area contributed by atoms with Crippen molar-refractivity contribution in [2.75, 3.05) is 19.0 Å². The molecule has 10 heteroatoms. The van der Waals surface area contributed by atoms with Crippen molar-refractivity contribution in [3.8, 4) is 0 Å². The maximum atomic E-state index is 10.6. The van der Waals surface area contributed by atoms with E-state index in [4.69, 9.17) is 9.84 Å². The number of aromatic nitrogens is 4. The molecule has 21 heavy (non-hydrogen) atoms. The average Bonchev–Trinajstić information content (AvgIpc) is 3.03. The van der Waals surface area contributed by atoms with E-state index in [1.54, 1.807) is 7.05 Å². The number of rotatable bonds is 3. The minimum absolute atomic E-state index is 0.210. The Bertz CT molecular complexity index is 663. The van der Waals surface area contributed by atoms with E-state index in [2.05, 4.69) is 20.3 Å². The van der Waals surface area contributed by atoms with Crippen molar-refractivity contribution in [1.29, 1.82) is 0 Å². The van der Waals surface area contributed by atoms with E-state index in [9.17, 15) is 15.3 Å². The fraction of sp³-hybridized carbons (Fsp3) is 0.545. The van der Waals surface area contributed by atoms with Crippen molar-refractivity contribution in [3.63, 3.8) is 0 Å². The highest BCUT2D eigenvalue weighted by Gasteiger charge is 2.55. The Hall–Kier alpha value is -1.85. The van der Waals surface area contributed by atoms with Crippen molar-refractivity contribution in [1.82, 2.24) is 19.5 Å². The van der Waals surface area contributed by atoms with Crippen LogP contribution in [-0.4, -0.2) is 71.9 Å². The normalized spacial score (nSPS) is 32.7. The van der Waals surface area contributed by atoms with Crippen molar-refractivity contribution in [2.45, 2.75) is 24.2 Å². The maximum absolute atomic E-state index is 10.6. The van der Waals surface area contributed by atoms with Crippen molar-refractivity contribution in [2.24, 2.45) is 0 Å². The summed E-state index contributed by atoms with van der Waals surface area (Å²) in [6.07, 6.45) is -1.75. The number of nitrogens with zero attached hydrogens (tertiary/aromatic N) is 4. The number of nitrogens with one attached hydrogen (secondary N) is 1. The third-order valence-corrected chi connectivity index (χ3v) is 3.51. The van der Waals surface area contributed by atoms with E-state index in [1.165, 1.54) is 12.7 Å². The van der Waals surface area contributed by atoms with Crippen LogP contribution in [0.3, 0.4) is 0 Å².